The van der Waals surface area contributed by atoms with Gasteiger partial charge in [-0.15, -0.1) is 0 Å². The average molecular weight is 409 g/mol. The van der Waals surface area contributed by atoms with Crippen molar-refractivity contribution in [2.24, 2.45) is 0 Å². The van der Waals surface area contributed by atoms with Gasteiger partial charge in [-0.1, -0.05) is 66.2 Å². The van der Waals surface area contributed by atoms with Crippen LogP contribution in [0.15, 0.2) is 91.3 Å². The Hall–Kier alpha value is -3.99. The summed E-state index contributed by atoms with van der Waals surface area (Å²) in [6, 6.07) is 27.3. The number of carbonyl (C=O) groups is 1. The number of amides is 1. The standard InChI is InChI=1S/C26H24N4O/c1-18-11-13-20(14-12-18)19(2)29-26(31)22-9-6-10-23(15-22)30-25-16-24(27-17-28-25)21-7-4-3-5-8-21/h3-17,19H,1-2H3,(H,29,31)(H,27,28,30). The molecule has 0 saturated carbocycles. The Morgan fingerprint density at radius 2 is 1.65 bits per heavy atom. The third-order valence-electron chi connectivity index (χ3n) is 5.06. The Labute approximate surface area is 182 Å². The summed E-state index contributed by atoms with van der Waals surface area (Å²) < 4.78 is 0. The first-order valence-electron chi connectivity index (χ1n) is 10.2. The fourth-order valence-electron chi connectivity index (χ4n) is 3.30. The third-order valence-corrected chi connectivity index (χ3v) is 5.06. The zero-order valence-corrected chi connectivity index (χ0v) is 17.5. The number of hydrogen-bond acceptors (Lipinski definition) is 4. The highest BCUT2D eigenvalue weighted by Gasteiger charge is 2.12. The van der Waals surface area contributed by atoms with E-state index in [-0.39, 0.29) is 11.9 Å². The molecule has 4 aromatic rings. The molecule has 5 nitrogen and oxygen atoms in total. The number of aryl methyl sites for hydroxylation is 1. The van der Waals surface area contributed by atoms with E-state index in [2.05, 4.69) is 20.6 Å². The number of hydrogen-bond donors (Lipinski definition) is 2. The second-order valence-corrected chi connectivity index (χ2v) is 7.47. The van der Waals surface area contributed by atoms with Gasteiger partial charge in [0, 0.05) is 22.9 Å². The molecule has 1 unspecified atom stereocenters. The lowest BCUT2D eigenvalue weighted by atomic mass is 10.1. The van der Waals surface area contributed by atoms with E-state index in [0.29, 0.717) is 11.4 Å². The highest BCUT2D eigenvalue weighted by Crippen LogP contribution is 2.22. The van der Waals surface area contributed by atoms with Gasteiger partial charge in [-0.3, -0.25) is 4.79 Å². The van der Waals surface area contributed by atoms with Gasteiger partial charge in [0.2, 0.25) is 0 Å². The Balaban J connectivity index is 1.47. The van der Waals surface area contributed by atoms with Crippen molar-refractivity contribution in [2.45, 2.75) is 19.9 Å². The fraction of sp³-hybridized carbons (Fsp3) is 0.115. The fourth-order valence-corrected chi connectivity index (χ4v) is 3.30. The lowest BCUT2D eigenvalue weighted by Gasteiger charge is -2.15. The Morgan fingerprint density at radius 1 is 0.871 bits per heavy atom. The van der Waals surface area contributed by atoms with E-state index in [4.69, 9.17) is 0 Å². The molecule has 0 aliphatic carbocycles. The summed E-state index contributed by atoms with van der Waals surface area (Å²) >= 11 is 0. The van der Waals surface area contributed by atoms with Crippen molar-refractivity contribution in [3.05, 3.63) is 108 Å². The van der Waals surface area contributed by atoms with Gasteiger partial charge in [0.25, 0.3) is 5.91 Å². The van der Waals surface area contributed by atoms with Crippen molar-refractivity contribution in [1.29, 1.82) is 0 Å². The molecule has 0 radical (unpaired) electrons. The van der Waals surface area contributed by atoms with Crippen molar-refractivity contribution in [1.82, 2.24) is 15.3 Å². The van der Waals surface area contributed by atoms with Crippen LogP contribution in [0.4, 0.5) is 11.5 Å². The molecule has 0 aliphatic rings. The van der Waals surface area contributed by atoms with Crippen LogP contribution in [0.2, 0.25) is 0 Å². The van der Waals surface area contributed by atoms with Crippen molar-refractivity contribution in [2.75, 3.05) is 5.32 Å². The van der Waals surface area contributed by atoms with Crippen LogP contribution < -0.4 is 10.6 Å². The van der Waals surface area contributed by atoms with E-state index in [1.165, 1.54) is 11.9 Å². The van der Waals surface area contributed by atoms with Crippen LogP contribution in [0.1, 0.15) is 34.5 Å². The van der Waals surface area contributed by atoms with Crippen LogP contribution in [0.5, 0.6) is 0 Å². The minimum absolute atomic E-state index is 0.0833. The van der Waals surface area contributed by atoms with Gasteiger partial charge in [0.05, 0.1) is 11.7 Å². The molecule has 0 spiro atoms. The summed E-state index contributed by atoms with van der Waals surface area (Å²) in [4.78, 5) is 21.4. The lowest BCUT2D eigenvalue weighted by molar-refractivity contribution is 0.0940. The van der Waals surface area contributed by atoms with Gasteiger partial charge in [-0.25, -0.2) is 9.97 Å². The number of aromatic nitrogens is 2. The van der Waals surface area contributed by atoms with Gasteiger partial charge < -0.3 is 10.6 Å². The van der Waals surface area contributed by atoms with E-state index >= 15 is 0 Å². The van der Waals surface area contributed by atoms with Crippen LogP contribution in [0.3, 0.4) is 0 Å². The number of nitrogens with one attached hydrogen (secondary N) is 2. The van der Waals surface area contributed by atoms with Gasteiger partial charge in [0.1, 0.15) is 12.1 Å². The summed E-state index contributed by atoms with van der Waals surface area (Å²) in [5, 5.41) is 6.33. The predicted molar refractivity (Wildman–Crippen MR) is 124 cm³/mol. The van der Waals surface area contributed by atoms with E-state index in [1.54, 1.807) is 6.07 Å². The quantitative estimate of drug-likeness (QED) is 0.430. The van der Waals surface area contributed by atoms with Crippen molar-refractivity contribution in [3.63, 3.8) is 0 Å². The maximum atomic E-state index is 12.8. The molecular weight excluding hydrogens is 384 g/mol. The summed E-state index contributed by atoms with van der Waals surface area (Å²) in [5.74, 6) is 0.545. The molecular formula is C26H24N4O. The topological polar surface area (TPSA) is 66.9 Å². The maximum Gasteiger partial charge on any atom is 0.251 e. The summed E-state index contributed by atoms with van der Waals surface area (Å²) in [5.41, 5.74) is 5.49. The molecule has 4 rings (SSSR count). The molecule has 1 amide bonds. The average Bonchev–Trinajstić information content (AvgIpc) is 2.80. The van der Waals surface area contributed by atoms with Gasteiger partial charge in [0.15, 0.2) is 0 Å². The second kappa shape index (κ2) is 9.22. The highest BCUT2D eigenvalue weighted by molar-refractivity contribution is 5.95. The monoisotopic (exact) mass is 408 g/mol. The number of anilines is 2. The molecule has 31 heavy (non-hydrogen) atoms. The molecule has 0 saturated heterocycles. The Bertz CT molecular complexity index is 1170. The van der Waals surface area contributed by atoms with E-state index in [0.717, 1.165) is 22.5 Å². The Morgan fingerprint density at radius 3 is 2.42 bits per heavy atom. The smallest absolute Gasteiger partial charge is 0.251 e. The minimum Gasteiger partial charge on any atom is -0.346 e. The van der Waals surface area contributed by atoms with E-state index in [1.807, 2.05) is 92.7 Å². The molecule has 154 valence electrons. The predicted octanol–water partition coefficient (Wildman–Crippen LogP) is 5.69. The number of carbonyl (C=O) groups excluding carboxylic acids is 1. The van der Waals surface area contributed by atoms with Crippen LogP contribution in [0, 0.1) is 6.92 Å². The molecule has 1 atom stereocenters. The largest absolute Gasteiger partial charge is 0.346 e. The van der Waals surface area contributed by atoms with Crippen molar-refractivity contribution < 1.29 is 4.79 Å². The normalized spacial score (nSPS) is 11.5. The number of rotatable bonds is 6. The number of nitrogens with zero attached hydrogens (tertiary/aromatic N) is 2. The molecule has 2 N–H and O–H groups in total. The molecule has 1 aromatic heterocycles. The van der Waals surface area contributed by atoms with Gasteiger partial charge in [-0.2, -0.15) is 0 Å². The van der Waals surface area contributed by atoms with E-state index in [9.17, 15) is 4.79 Å². The van der Waals surface area contributed by atoms with Crippen molar-refractivity contribution in [3.8, 4) is 11.3 Å². The molecule has 0 fully saturated rings. The van der Waals surface area contributed by atoms with Crippen LogP contribution in [0.25, 0.3) is 11.3 Å². The molecule has 5 heteroatoms. The Kier molecular flexibility index (Phi) is 6.03. The second-order valence-electron chi connectivity index (χ2n) is 7.47. The molecule has 1 heterocycles. The van der Waals surface area contributed by atoms with Crippen LogP contribution in [-0.4, -0.2) is 15.9 Å². The zero-order chi connectivity index (χ0) is 21.6. The highest BCUT2D eigenvalue weighted by atomic mass is 16.1. The maximum absolute atomic E-state index is 12.8. The van der Waals surface area contributed by atoms with E-state index < -0.39 is 0 Å². The molecule has 0 aliphatic heterocycles. The molecule has 3 aromatic carbocycles. The molecule has 0 bridgehead atoms. The van der Waals surface area contributed by atoms with Crippen LogP contribution in [-0.2, 0) is 0 Å². The zero-order valence-electron chi connectivity index (χ0n) is 17.5. The van der Waals surface area contributed by atoms with Crippen molar-refractivity contribution >= 4 is 17.4 Å². The van der Waals surface area contributed by atoms with Crippen LogP contribution >= 0.6 is 0 Å². The summed E-state index contributed by atoms with van der Waals surface area (Å²) in [6.45, 7) is 4.03. The minimum atomic E-state index is -0.121. The lowest BCUT2D eigenvalue weighted by Crippen LogP contribution is -2.26. The SMILES string of the molecule is Cc1ccc(C(C)NC(=O)c2cccc(Nc3cc(-c4ccccc4)ncn3)c2)cc1. The first kappa shape index (κ1) is 20.3. The first-order chi connectivity index (χ1) is 15.1. The summed E-state index contributed by atoms with van der Waals surface area (Å²) in [6.07, 6.45) is 1.53. The first-order valence-corrected chi connectivity index (χ1v) is 10.2. The number of benzene rings is 3. The van der Waals surface area contributed by atoms with Gasteiger partial charge >= 0.3 is 0 Å². The summed E-state index contributed by atoms with van der Waals surface area (Å²) in [7, 11) is 0. The third kappa shape index (κ3) is 5.14. The van der Waals surface area contributed by atoms with Gasteiger partial charge in [-0.05, 0) is 37.6 Å².